The number of aromatic amines is 1. The quantitative estimate of drug-likeness (QED) is 0.342. The average Bonchev–Trinajstić information content (AvgIpc) is 3.61. The van der Waals surface area contributed by atoms with E-state index in [-0.39, 0.29) is 11.2 Å². The number of nitrogens with zero attached hydrogens (tertiary/aromatic N) is 7. The number of hydrogen-bond acceptors (Lipinski definition) is 6. The lowest BCUT2D eigenvalue weighted by Crippen LogP contribution is -2.39. The van der Waals surface area contributed by atoms with Crippen LogP contribution in [-0.4, -0.2) is 39.3 Å². The molecule has 0 bridgehead atoms. The van der Waals surface area contributed by atoms with Crippen molar-refractivity contribution in [1.82, 2.24) is 39.3 Å². The number of imidazole rings is 1. The van der Waals surface area contributed by atoms with Gasteiger partial charge in [0.2, 0.25) is 5.82 Å². The largest absolute Gasteiger partial charge is 0.337 e. The molecule has 1 N–H and O–H groups in total. The molecule has 0 aliphatic heterocycles. The van der Waals surface area contributed by atoms with E-state index in [9.17, 15) is 9.59 Å². The van der Waals surface area contributed by atoms with Crippen molar-refractivity contribution in [2.75, 3.05) is 0 Å². The number of para-hydroxylation sites is 1. The zero-order valence-electron chi connectivity index (χ0n) is 21.6. The number of tetrazole rings is 1. The molecule has 0 saturated heterocycles. The van der Waals surface area contributed by atoms with Crippen molar-refractivity contribution in [2.45, 2.75) is 33.4 Å². The highest BCUT2D eigenvalue weighted by Crippen LogP contribution is 2.30. The molecule has 0 atom stereocenters. The fourth-order valence-electron chi connectivity index (χ4n) is 4.95. The minimum Gasteiger partial charge on any atom is -0.318 e. The fourth-order valence-corrected chi connectivity index (χ4v) is 4.95. The van der Waals surface area contributed by atoms with Gasteiger partial charge in [-0.1, -0.05) is 73.7 Å². The monoisotopic (exact) mass is 518 g/mol. The summed E-state index contributed by atoms with van der Waals surface area (Å²) in [5.41, 5.74) is 4.49. The van der Waals surface area contributed by atoms with E-state index in [1.165, 1.54) is 4.57 Å². The molecule has 0 unspecified atom stereocenters. The number of fused-ring (bicyclic) bond motifs is 1. The molecule has 3 heterocycles. The zero-order valence-corrected chi connectivity index (χ0v) is 21.6. The van der Waals surface area contributed by atoms with Gasteiger partial charge >= 0.3 is 5.69 Å². The molecule has 6 rings (SSSR count). The van der Waals surface area contributed by atoms with Crippen LogP contribution in [0, 0.1) is 6.92 Å². The second kappa shape index (κ2) is 9.97. The summed E-state index contributed by atoms with van der Waals surface area (Å²) in [6.07, 6.45) is 0.737. The number of H-pyrrole nitrogens is 1. The maximum atomic E-state index is 13.8. The first kappa shape index (κ1) is 24.2. The predicted molar refractivity (Wildman–Crippen MR) is 149 cm³/mol. The van der Waals surface area contributed by atoms with E-state index in [0.29, 0.717) is 41.6 Å². The molecular weight excluding hydrogens is 492 g/mol. The molecule has 0 amide bonds. The van der Waals surface area contributed by atoms with Crippen molar-refractivity contribution in [3.05, 3.63) is 111 Å². The van der Waals surface area contributed by atoms with Gasteiger partial charge in [0.1, 0.15) is 5.82 Å². The molecule has 39 heavy (non-hydrogen) atoms. The molecule has 0 aliphatic rings. The SMILES string of the molecule is CCCn1c(=O)n(-c2ccccc2)c(=O)c2c1nc(C)n2Cc1ccc(-c2ccccc2-c2nn[nH]n2)cc1. The van der Waals surface area contributed by atoms with Gasteiger partial charge in [-0.3, -0.25) is 9.36 Å². The Labute approximate surface area is 223 Å². The summed E-state index contributed by atoms with van der Waals surface area (Å²) in [7, 11) is 0. The zero-order chi connectivity index (χ0) is 26.9. The Kier molecular flexibility index (Phi) is 6.20. The van der Waals surface area contributed by atoms with Gasteiger partial charge in [0.15, 0.2) is 11.2 Å². The van der Waals surface area contributed by atoms with Crippen molar-refractivity contribution in [2.24, 2.45) is 0 Å². The van der Waals surface area contributed by atoms with Crippen LogP contribution in [0.2, 0.25) is 0 Å². The van der Waals surface area contributed by atoms with Crippen LogP contribution < -0.4 is 11.2 Å². The normalized spacial score (nSPS) is 11.3. The number of benzene rings is 3. The maximum absolute atomic E-state index is 13.8. The van der Waals surface area contributed by atoms with Crippen molar-refractivity contribution < 1.29 is 0 Å². The molecule has 10 heteroatoms. The third kappa shape index (κ3) is 4.25. The Morgan fingerprint density at radius 2 is 1.56 bits per heavy atom. The van der Waals surface area contributed by atoms with E-state index in [1.54, 1.807) is 16.7 Å². The summed E-state index contributed by atoms with van der Waals surface area (Å²) in [5.74, 6) is 1.20. The Morgan fingerprint density at radius 3 is 2.26 bits per heavy atom. The van der Waals surface area contributed by atoms with Crippen LogP contribution in [0.4, 0.5) is 0 Å². The minimum atomic E-state index is -0.380. The third-order valence-electron chi connectivity index (χ3n) is 6.80. The molecule has 6 aromatic rings. The Morgan fingerprint density at radius 1 is 0.846 bits per heavy atom. The lowest BCUT2D eigenvalue weighted by molar-refractivity contribution is 0.631. The summed E-state index contributed by atoms with van der Waals surface area (Å²) in [6.45, 7) is 4.76. The van der Waals surface area contributed by atoms with E-state index in [0.717, 1.165) is 28.7 Å². The third-order valence-corrected chi connectivity index (χ3v) is 6.80. The first-order chi connectivity index (χ1) is 19.1. The Hall–Kier alpha value is -5.12. The first-order valence-electron chi connectivity index (χ1n) is 12.8. The predicted octanol–water partition coefficient (Wildman–Crippen LogP) is 3.96. The van der Waals surface area contributed by atoms with Gasteiger partial charge in [-0.2, -0.15) is 5.21 Å². The first-order valence-corrected chi connectivity index (χ1v) is 12.8. The van der Waals surface area contributed by atoms with Gasteiger partial charge in [-0.05, 0) is 47.4 Å². The Bertz CT molecular complexity index is 1880. The average molecular weight is 519 g/mol. The molecule has 0 fully saturated rings. The van der Waals surface area contributed by atoms with E-state index in [1.807, 2.05) is 85.1 Å². The maximum Gasteiger partial charge on any atom is 0.337 e. The summed E-state index contributed by atoms with van der Waals surface area (Å²) in [4.78, 5) is 31.9. The molecule has 194 valence electrons. The van der Waals surface area contributed by atoms with E-state index in [4.69, 9.17) is 0 Å². The lowest BCUT2D eigenvalue weighted by atomic mass is 9.98. The van der Waals surface area contributed by atoms with Crippen LogP contribution >= 0.6 is 0 Å². The molecule has 10 nitrogen and oxygen atoms in total. The van der Waals surface area contributed by atoms with Crippen LogP contribution in [0.15, 0.2) is 88.5 Å². The smallest absolute Gasteiger partial charge is 0.318 e. The molecule has 0 saturated carbocycles. The van der Waals surface area contributed by atoms with Crippen LogP contribution in [-0.2, 0) is 13.1 Å². The number of nitrogens with one attached hydrogen (secondary N) is 1. The van der Waals surface area contributed by atoms with Crippen molar-refractivity contribution in [3.63, 3.8) is 0 Å². The van der Waals surface area contributed by atoms with Crippen LogP contribution in [0.3, 0.4) is 0 Å². The fraction of sp³-hybridized carbons (Fsp3) is 0.172. The topological polar surface area (TPSA) is 116 Å². The minimum absolute atomic E-state index is 0.375. The molecule has 3 aromatic heterocycles. The number of hydrogen-bond donors (Lipinski definition) is 1. The van der Waals surface area contributed by atoms with Gasteiger partial charge in [-0.15, -0.1) is 10.2 Å². The van der Waals surface area contributed by atoms with Crippen molar-refractivity contribution in [1.29, 1.82) is 0 Å². The highest BCUT2D eigenvalue weighted by molar-refractivity contribution is 5.80. The molecule has 0 spiro atoms. The summed E-state index contributed by atoms with van der Waals surface area (Å²) in [6, 6.07) is 25.1. The van der Waals surface area contributed by atoms with Gasteiger partial charge in [0, 0.05) is 18.7 Å². The summed E-state index contributed by atoms with van der Waals surface area (Å²) < 4.78 is 4.74. The van der Waals surface area contributed by atoms with Crippen molar-refractivity contribution >= 4 is 11.2 Å². The van der Waals surface area contributed by atoms with Crippen LogP contribution in [0.1, 0.15) is 24.7 Å². The van der Waals surface area contributed by atoms with E-state index >= 15 is 0 Å². The molecule has 0 aliphatic carbocycles. The summed E-state index contributed by atoms with van der Waals surface area (Å²) in [5, 5.41) is 14.4. The highest BCUT2D eigenvalue weighted by atomic mass is 16.2. The van der Waals surface area contributed by atoms with Crippen LogP contribution in [0.5, 0.6) is 0 Å². The molecule has 0 radical (unpaired) electrons. The standard InChI is InChI=1S/C29H26N8O2/c1-3-17-35-27-25(28(38)37(29(35)39)22-9-5-4-6-10-22)36(19(2)30-27)18-20-13-15-21(16-14-20)23-11-7-8-12-24(23)26-31-33-34-32-26/h4-16H,3,17-18H2,1-2H3,(H,31,32,33,34). The Balaban J connectivity index is 1.44. The highest BCUT2D eigenvalue weighted by Gasteiger charge is 2.21. The van der Waals surface area contributed by atoms with E-state index < -0.39 is 0 Å². The van der Waals surface area contributed by atoms with Crippen molar-refractivity contribution in [3.8, 4) is 28.2 Å². The molecule has 3 aromatic carbocycles. The second-order valence-electron chi connectivity index (χ2n) is 9.31. The van der Waals surface area contributed by atoms with Gasteiger partial charge < -0.3 is 4.57 Å². The second-order valence-corrected chi connectivity index (χ2v) is 9.31. The number of rotatable bonds is 7. The van der Waals surface area contributed by atoms with Crippen LogP contribution in [0.25, 0.3) is 39.4 Å². The van der Waals surface area contributed by atoms with Gasteiger partial charge in [0.25, 0.3) is 5.56 Å². The number of aryl methyl sites for hydroxylation is 2. The number of aromatic nitrogens is 8. The lowest BCUT2D eigenvalue weighted by Gasteiger charge is -2.13. The van der Waals surface area contributed by atoms with Gasteiger partial charge in [0.05, 0.1) is 5.69 Å². The molecular formula is C29H26N8O2. The summed E-state index contributed by atoms with van der Waals surface area (Å²) >= 11 is 0. The van der Waals surface area contributed by atoms with E-state index in [2.05, 4.69) is 25.6 Å². The van der Waals surface area contributed by atoms with Gasteiger partial charge in [-0.25, -0.2) is 14.3 Å².